The molecule has 2 fully saturated rings. The maximum atomic E-state index is 13.0. The van der Waals surface area contributed by atoms with Crippen molar-refractivity contribution in [1.82, 2.24) is 9.80 Å². The van der Waals surface area contributed by atoms with Gasteiger partial charge >= 0.3 is 0 Å². The van der Waals surface area contributed by atoms with Crippen molar-refractivity contribution in [3.05, 3.63) is 30.3 Å². The quantitative estimate of drug-likeness (QED) is 0.664. The highest BCUT2D eigenvalue weighted by atomic mass is 16.5. The van der Waals surface area contributed by atoms with E-state index in [9.17, 15) is 9.59 Å². The van der Waals surface area contributed by atoms with E-state index >= 15 is 0 Å². The average Bonchev–Trinajstić information content (AvgIpc) is 2.77. The molecule has 0 saturated carbocycles. The minimum Gasteiger partial charge on any atom is -0.490 e. The molecule has 7 nitrogen and oxygen atoms in total. The van der Waals surface area contributed by atoms with Crippen LogP contribution in [0.3, 0.4) is 0 Å². The van der Waals surface area contributed by atoms with Gasteiger partial charge in [0.25, 0.3) is 0 Å². The smallest absolute Gasteiger partial charge is 0.225 e. The molecule has 2 saturated heterocycles. The topological polar surface area (TPSA) is 68.3 Å². The number of hydrogen-bond acceptors (Lipinski definition) is 5. The first-order valence-electron chi connectivity index (χ1n) is 10.5. The van der Waals surface area contributed by atoms with Crippen molar-refractivity contribution >= 4 is 11.8 Å². The molecule has 1 atom stereocenters. The summed E-state index contributed by atoms with van der Waals surface area (Å²) in [5, 5.41) is 0. The molecule has 0 bridgehead atoms. The normalized spacial score (nSPS) is 22.4. The Morgan fingerprint density at radius 1 is 1.03 bits per heavy atom. The minimum atomic E-state index is -0.842. The van der Waals surface area contributed by atoms with Crippen LogP contribution in [0.15, 0.2) is 30.3 Å². The fourth-order valence-electron chi connectivity index (χ4n) is 3.91. The van der Waals surface area contributed by atoms with Gasteiger partial charge in [0.1, 0.15) is 18.0 Å². The molecule has 1 aromatic rings. The third-order valence-electron chi connectivity index (χ3n) is 5.55. The van der Waals surface area contributed by atoms with Gasteiger partial charge in [0, 0.05) is 26.7 Å². The van der Waals surface area contributed by atoms with Crippen LogP contribution in [-0.2, 0) is 19.1 Å². The molecule has 2 heterocycles. The van der Waals surface area contributed by atoms with Gasteiger partial charge in [-0.2, -0.15) is 0 Å². The molecule has 0 N–H and O–H groups in total. The van der Waals surface area contributed by atoms with Gasteiger partial charge in [-0.3, -0.25) is 9.59 Å². The number of ether oxygens (including phenoxy) is 3. The molecule has 0 radical (unpaired) electrons. The van der Waals surface area contributed by atoms with Crippen LogP contribution >= 0.6 is 0 Å². The summed E-state index contributed by atoms with van der Waals surface area (Å²) in [7, 11) is 1.59. The van der Waals surface area contributed by atoms with Crippen LogP contribution in [0, 0.1) is 0 Å². The Morgan fingerprint density at radius 2 is 1.79 bits per heavy atom. The summed E-state index contributed by atoms with van der Waals surface area (Å²) in [6.07, 6.45) is 3.80. The van der Waals surface area contributed by atoms with Crippen molar-refractivity contribution in [2.45, 2.75) is 37.7 Å². The number of hydrogen-bond donors (Lipinski definition) is 0. The molecular weight excluding hydrogens is 372 g/mol. The number of rotatable bonds is 8. The summed E-state index contributed by atoms with van der Waals surface area (Å²) in [5.41, 5.74) is -0.842. The third-order valence-corrected chi connectivity index (χ3v) is 5.55. The van der Waals surface area contributed by atoms with Crippen LogP contribution in [0.1, 0.15) is 32.1 Å². The number of likely N-dealkylation sites (tertiary alicyclic amines) is 1. The van der Waals surface area contributed by atoms with E-state index < -0.39 is 5.60 Å². The maximum Gasteiger partial charge on any atom is 0.225 e. The van der Waals surface area contributed by atoms with Crippen LogP contribution in [0.2, 0.25) is 0 Å². The Balaban J connectivity index is 1.71. The van der Waals surface area contributed by atoms with E-state index in [1.54, 1.807) is 12.0 Å². The minimum absolute atomic E-state index is 0.0182. The van der Waals surface area contributed by atoms with Gasteiger partial charge in [0.05, 0.1) is 32.6 Å². The Labute approximate surface area is 172 Å². The van der Waals surface area contributed by atoms with E-state index in [0.29, 0.717) is 32.7 Å². The van der Waals surface area contributed by atoms with Crippen LogP contribution in [0.25, 0.3) is 0 Å². The van der Waals surface area contributed by atoms with Crippen molar-refractivity contribution in [3.8, 4) is 5.75 Å². The summed E-state index contributed by atoms with van der Waals surface area (Å²) in [6.45, 7) is 3.47. The van der Waals surface area contributed by atoms with E-state index in [0.717, 1.165) is 31.7 Å². The lowest BCUT2D eigenvalue weighted by Gasteiger charge is -2.43. The van der Waals surface area contributed by atoms with Gasteiger partial charge in [-0.1, -0.05) is 18.2 Å². The predicted octanol–water partition coefficient (Wildman–Crippen LogP) is 2.10. The zero-order valence-electron chi connectivity index (χ0n) is 17.3. The van der Waals surface area contributed by atoms with Crippen molar-refractivity contribution in [3.63, 3.8) is 0 Å². The number of carbonyl (C=O) groups excluding carboxylic acids is 2. The molecule has 7 heteroatoms. The predicted molar refractivity (Wildman–Crippen MR) is 109 cm³/mol. The number of methoxy groups -OCH3 is 1. The largest absolute Gasteiger partial charge is 0.490 e. The first-order valence-corrected chi connectivity index (χ1v) is 10.5. The highest BCUT2D eigenvalue weighted by molar-refractivity contribution is 5.79. The van der Waals surface area contributed by atoms with Crippen LogP contribution < -0.4 is 4.74 Å². The maximum absolute atomic E-state index is 13.0. The second-order valence-corrected chi connectivity index (χ2v) is 7.81. The molecule has 160 valence electrons. The summed E-state index contributed by atoms with van der Waals surface area (Å²) in [5.74, 6) is 0.820. The van der Waals surface area contributed by atoms with Gasteiger partial charge < -0.3 is 24.0 Å². The molecule has 1 unspecified atom stereocenters. The number of piperidine rings is 1. The summed E-state index contributed by atoms with van der Waals surface area (Å²) < 4.78 is 17.2. The molecule has 2 aliphatic rings. The first kappa shape index (κ1) is 21.6. The van der Waals surface area contributed by atoms with Crippen LogP contribution in [-0.4, -0.2) is 80.3 Å². The molecule has 29 heavy (non-hydrogen) atoms. The van der Waals surface area contributed by atoms with Gasteiger partial charge in [0.15, 0.2) is 0 Å². The average molecular weight is 405 g/mol. The van der Waals surface area contributed by atoms with Crippen LogP contribution in [0.4, 0.5) is 0 Å². The molecule has 0 aliphatic carbocycles. The number of nitrogens with zero attached hydrogens (tertiary/aromatic N) is 2. The van der Waals surface area contributed by atoms with E-state index in [1.807, 2.05) is 35.2 Å². The Kier molecular flexibility index (Phi) is 7.89. The van der Waals surface area contributed by atoms with Crippen LogP contribution in [0.5, 0.6) is 5.75 Å². The Bertz CT molecular complexity index is 662. The van der Waals surface area contributed by atoms with E-state index in [2.05, 4.69) is 0 Å². The lowest BCUT2D eigenvalue weighted by molar-refractivity contribution is -0.166. The second kappa shape index (κ2) is 10.6. The number of carbonyl (C=O) groups is 2. The molecule has 2 amide bonds. The van der Waals surface area contributed by atoms with E-state index in [1.165, 1.54) is 6.42 Å². The monoisotopic (exact) mass is 404 g/mol. The lowest BCUT2D eigenvalue weighted by Crippen LogP contribution is -2.58. The molecule has 1 aromatic carbocycles. The Morgan fingerprint density at radius 3 is 2.52 bits per heavy atom. The van der Waals surface area contributed by atoms with Crippen molar-refractivity contribution < 1.29 is 23.8 Å². The number of morpholine rings is 1. The fourth-order valence-corrected chi connectivity index (χ4v) is 3.91. The molecule has 2 aliphatic heterocycles. The fraction of sp³-hybridized carbons (Fsp3) is 0.636. The van der Waals surface area contributed by atoms with Gasteiger partial charge in [-0.25, -0.2) is 0 Å². The SMILES string of the molecule is COCCC(=O)N1CCOC(COc2ccccc2)(CC(=O)N2CCCCC2)C1. The van der Waals surface area contributed by atoms with Crippen molar-refractivity contribution in [1.29, 1.82) is 0 Å². The van der Waals surface area contributed by atoms with Gasteiger partial charge in [-0.05, 0) is 31.4 Å². The van der Waals surface area contributed by atoms with Crippen molar-refractivity contribution in [2.75, 3.05) is 53.1 Å². The number of amides is 2. The number of benzene rings is 1. The third kappa shape index (κ3) is 6.18. The van der Waals surface area contributed by atoms with Gasteiger partial charge in [0.2, 0.25) is 11.8 Å². The summed E-state index contributed by atoms with van der Waals surface area (Å²) in [4.78, 5) is 29.3. The van der Waals surface area contributed by atoms with Gasteiger partial charge in [-0.15, -0.1) is 0 Å². The van der Waals surface area contributed by atoms with E-state index in [-0.39, 0.29) is 24.8 Å². The summed E-state index contributed by atoms with van der Waals surface area (Å²) >= 11 is 0. The standard InChI is InChI=1S/C22H32N2O5/c1-27-14-10-20(25)24-13-15-29-22(17-24,18-28-19-8-4-2-5-9-19)16-21(26)23-11-6-3-7-12-23/h2,4-5,8-9H,3,6-7,10-18H2,1H3. The zero-order chi connectivity index (χ0) is 20.5. The highest BCUT2D eigenvalue weighted by Gasteiger charge is 2.42. The second-order valence-electron chi connectivity index (χ2n) is 7.81. The molecule has 0 spiro atoms. The number of para-hydroxylation sites is 1. The highest BCUT2D eigenvalue weighted by Crippen LogP contribution is 2.26. The molecule has 3 rings (SSSR count). The summed E-state index contributed by atoms with van der Waals surface area (Å²) in [6, 6.07) is 9.50. The van der Waals surface area contributed by atoms with Crippen molar-refractivity contribution in [2.24, 2.45) is 0 Å². The zero-order valence-corrected chi connectivity index (χ0v) is 17.3. The molecular formula is C22H32N2O5. The first-order chi connectivity index (χ1) is 14.1. The Hall–Kier alpha value is -2.12. The van der Waals surface area contributed by atoms with E-state index in [4.69, 9.17) is 14.2 Å². The molecule has 0 aromatic heterocycles. The lowest BCUT2D eigenvalue weighted by atomic mass is 9.96.